The third kappa shape index (κ3) is 2.36. The van der Waals surface area contributed by atoms with E-state index in [2.05, 4.69) is 61.3 Å². The molecule has 2 nitrogen and oxygen atoms in total. The zero-order valence-electron chi connectivity index (χ0n) is 14.3. The van der Waals surface area contributed by atoms with E-state index in [4.69, 9.17) is 4.74 Å². The molecule has 3 unspecified atom stereocenters. The topological polar surface area (TPSA) is 12.5 Å². The van der Waals surface area contributed by atoms with Gasteiger partial charge in [0.25, 0.3) is 0 Å². The molecule has 120 valence electrons. The number of benzene rings is 2. The molecule has 0 saturated carbocycles. The molecule has 2 aromatic rings. The Morgan fingerprint density at radius 3 is 2.74 bits per heavy atom. The van der Waals surface area contributed by atoms with Crippen LogP contribution in [0.1, 0.15) is 47.1 Å². The summed E-state index contributed by atoms with van der Waals surface area (Å²) >= 11 is 0. The van der Waals surface area contributed by atoms with Crippen molar-refractivity contribution in [3.63, 3.8) is 0 Å². The molecule has 3 atom stereocenters. The van der Waals surface area contributed by atoms with Crippen molar-refractivity contribution < 1.29 is 4.74 Å². The minimum absolute atomic E-state index is 0.493. The Morgan fingerprint density at radius 1 is 1.09 bits per heavy atom. The van der Waals surface area contributed by atoms with E-state index in [1.165, 1.54) is 41.6 Å². The number of rotatable bonds is 2. The first kappa shape index (κ1) is 14.8. The second kappa shape index (κ2) is 5.68. The highest BCUT2D eigenvalue weighted by atomic mass is 16.5. The van der Waals surface area contributed by atoms with Gasteiger partial charge >= 0.3 is 0 Å². The maximum atomic E-state index is 5.51. The van der Waals surface area contributed by atoms with Crippen LogP contribution in [0.4, 0.5) is 0 Å². The average Bonchev–Trinajstić information content (AvgIpc) is 2.89. The van der Waals surface area contributed by atoms with Crippen LogP contribution in [0.5, 0.6) is 5.75 Å². The largest absolute Gasteiger partial charge is 0.497 e. The number of hydrogen-bond donors (Lipinski definition) is 0. The monoisotopic (exact) mass is 307 g/mol. The number of fused-ring (bicyclic) bond motifs is 3. The lowest BCUT2D eigenvalue weighted by molar-refractivity contribution is 0.127. The normalized spacial score (nSPS) is 26.7. The van der Waals surface area contributed by atoms with Crippen molar-refractivity contribution in [2.24, 2.45) is 5.92 Å². The summed E-state index contributed by atoms with van der Waals surface area (Å²) in [5.74, 6) is 2.15. The number of methoxy groups -OCH3 is 1. The first-order valence-corrected chi connectivity index (χ1v) is 8.63. The maximum absolute atomic E-state index is 5.51. The lowest BCUT2D eigenvalue weighted by Gasteiger charge is -2.37. The van der Waals surface area contributed by atoms with Gasteiger partial charge < -0.3 is 4.74 Å². The smallest absolute Gasteiger partial charge is 0.119 e. The predicted molar refractivity (Wildman–Crippen MR) is 94.1 cm³/mol. The molecular formula is C21H25NO. The van der Waals surface area contributed by atoms with Crippen LogP contribution in [-0.4, -0.2) is 25.6 Å². The SMILES string of the molecule is COc1ccc2c(c1)C(c1cccc(C)c1)C1CCCN(C)C21. The summed E-state index contributed by atoms with van der Waals surface area (Å²) in [5, 5.41) is 0. The van der Waals surface area contributed by atoms with Gasteiger partial charge in [0.15, 0.2) is 0 Å². The van der Waals surface area contributed by atoms with Gasteiger partial charge in [0.1, 0.15) is 5.75 Å². The summed E-state index contributed by atoms with van der Waals surface area (Å²) in [6.45, 7) is 3.39. The molecule has 0 aromatic heterocycles. The van der Waals surface area contributed by atoms with E-state index < -0.39 is 0 Å². The Balaban J connectivity index is 1.88. The molecule has 0 bridgehead atoms. The van der Waals surface area contributed by atoms with Gasteiger partial charge in [-0.25, -0.2) is 0 Å². The van der Waals surface area contributed by atoms with Crippen LogP contribution in [-0.2, 0) is 0 Å². The van der Waals surface area contributed by atoms with Crippen molar-refractivity contribution in [3.05, 3.63) is 64.7 Å². The highest BCUT2D eigenvalue weighted by Gasteiger charge is 2.44. The molecule has 4 rings (SSSR count). The quantitative estimate of drug-likeness (QED) is 0.808. The molecule has 0 amide bonds. The van der Waals surface area contributed by atoms with Crippen LogP contribution >= 0.6 is 0 Å². The van der Waals surface area contributed by atoms with Gasteiger partial charge in [0.2, 0.25) is 0 Å². The summed E-state index contributed by atoms with van der Waals surface area (Å²) in [5.41, 5.74) is 5.78. The van der Waals surface area contributed by atoms with Crippen molar-refractivity contribution in [2.75, 3.05) is 20.7 Å². The third-order valence-corrected chi connectivity index (χ3v) is 5.71. The number of piperidine rings is 1. The van der Waals surface area contributed by atoms with Crippen molar-refractivity contribution in [1.82, 2.24) is 4.90 Å². The number of nitrogens with zero attached hydrogens (tertiary/aromatic N) is 1. The zero-order chi connectivity index (χ0) is 16.0. The van der Waals surface area contributed by atoms with Gasteiger partial charge in [0, 0.05) is 12.0 Å². The number of likely N-dealkylation sites (tertiary alicyclic amines) is 1. The van der Waals surface area contributed by atoms with Crippen molar-refractivity contribution in [3.8, 4) is 5.75 Å². The standard InChI is InChI=1S/C21H25NO/c1-14-6-4-7-15(12-14)20-18-8-5-11-22(2)21(18)17-10-9-16(23-3)13-19(17)20/h4,6-7,9-10,12-13,18,20-21H,5,8,11H2,1-3H3. The van der Waals surface area contributed by atoms with E-state index in [0.717, 1.165) is 5.75 Å². The number of hydrogen-bond acceptors (Lipinski definition) is 2. The Morgan fingerprint density at radius 2 is 1.96 bits per heavy atom. The highest BCUT2D eigenvalue weighted by Crippen LogP contribution is 2.54. The van der Waals surface area contributed by atoms with Gasteiger partial charge in [-0.1, -0.05) is 35.9 Å². The van der Waals surface area contributed by atoms with Crippen LogP contribution in [0.25, 0.3) is 0 Å². The second-order valence-electron chi connectivity index (χ2n) is 7.12. The van der Waals surface area contributed by atoms with Crippen molar-refractivity contribution in [1.29, 1.82) is 0 Å². The van der Waals surface area contributed by atoms with E-state index in [9.17, 15) is 0 Å². The molecule has 1 heterocycles. The van der Waals surface area contributed by atoms with Crippen LogP contribution in [0.2, 0.25) is 0 Å². The summed E-state index contributed by atoms with van der Waals surface area (Å²) in [6, 6.07) is 16.3. The van der Waals surface area contributed by atoms with Gasteiger partial charge in [-0.3, -0.25) is 4.90 Å². The number of aryl methyl sites for hydroxylation is 1. The van der Waals surface area contributed by atoms with E-state index in [-0.39, 0.29) is 0 Å². The fourth-order valence-electron chi connectivity index (χ4n) is 4.76. The van der Waals surface area contributed by atoms with E-state index >= 15 is 0 Å². The Bertz CT molecular complexity index is 724. The fourth-order valence-corrected chi connectivity index (χ4v) is 4.76. The molecule has 2 aliphatic rings. The second-order valence-corrected chi connectivity index (χ2v) is 7.12. The summed E-state index contributed by atoms with van der Waals surface area (Å²) in [6.07, 6.45) is 2.61. The molecule has 0 spiro atoms. The van der Waals surface area contributed by atoms with Crippen molar-refractivity contribution in [2.45, 2.75) is 31.7 Å². The van der Waals surface area contributed by atoms with E-state index in [0.29, 0.717) is 17.9 Å². The Labute approximate surface area is 139 Å². The summed E-state index contributed by atoms with van der Waals surface area (Å²) in [7, 11) is 4.04. The Hall–Kier alpha value is -1.80. The summed E-state index contributed by atoms with van der Waals surface area (Å²) in [4.78, 5) is 2.55. The minimum Gasteiger partial charge on any atom is -0.497 e. The average molecular weight is 307 g/mol. The molecule has 0 N–H and O–H groups in total. The molecule has 0 radical (unpaired) electrons. The molecule has 1 saturated heterocycles. The maximum Gasteiger partial charge on any atom is 0.119 e. The third-order valence-electron chi connectivity index (χ3n) is 5.71. The van der Waals surface area contributed by atoms with Crippen LogP contribution in [0.15, 0.2) is 42.5 Å². The van der Waals surface area contributed by atoms with Crippen LogP contribution in [0, 0.1) is 12.8 Å². The molecule has 2 heteroatoms. The lowest BCUT2D eigenvalue weighted by atomic mass is 9.79. The first-order chi connectivity index (χ1) is 11.2. The molecule has 2 aromatic carbocycles. The van der Waals surface area contributed by atoms with Gasteiger partial charge in [-0.05, 0) is 68.1 Å². The molecule has 1 fully saturated rings. The van der Waals surface area contributed by atoms with Gasteiger partial charge in [-0.2, -0.15) is 0 Å². The predicted octanol–water partition coefficient (Wildman–Crippen LogP) is 4.53. The van der Waals surface area contributed by atoms with E-state index in [1.807, 2.05) is 0 Å². The molecule has 1 aliphatic carbocycles. The molecular weight excluding hydrogens is 282 g/mol. The molecule has 1 aliphatic heterocycles. The highest BCUT2D eigenvalue weighted by molar-refractivity contribution is 5.50. The Kier molecular flexibility index (Phi) is 3.65. The van der Waals surface area contributed by atoms with Gasteiger partial charge in [0.05, 0.1) is 7.11 Å². The van der Waals surface area contributed by atoms with Crippen LogP contribution < -0.4 is 4.74 Å². The van der Waals surface area contributed by atoms with Crippen molar-refractivity contribution >= 4 is 0 Å². The number of ether oxygens (including phenoxy) is 1. The van der Waals surface area contributed by atoms with Crippen LogP contribution in [0.3, 0.4) is 0 Å². The van der Waals surface area contributed by atoms with E-state index in [1.54, 1.807) is 7.11 Å². The molecule has 23 heavy (non-hydrogen) atoms. The fraction of sp³-hybridized carbons (Fsp3) is 0.429. The zero-order valence-corrected chi connectivity index (χ0v) is 14.3. The summed E-state index contributed by atoms with van der Waals surface area (Å²) < 4.78 is 5.51. The first-order valence-electron chi connectivity index (χ1n) is 8.63. The lowest BCUT2D eigenvalue weighted by Crippen LogP contribution is -2.34. The minimum atomic E-state index is 0.493. The van der Waals surface area contributed by atoms with Gasteiger partial charge in [-0.15, -0.1) is 0 Å².